The van der Waals surface area contributed by atoms with E-state index in [4.69, 9.17) is 14.2 Å². The van der Waals surface area contributed by atoms with E-state index in [0.29, 0.717) is 6.61 Å². The van der Waals surface area contributed by atoms with Crippen molar-refractivity contribution in [3.63, 3.8) is 0 Å². The smallest absolute Gasteiger partial charge is 0.336 e. The molecule has 1 fully saturated rings. The maximum absolute atomic E-state index is 11.5. The molecule has 1 aromatic rings. The lowest BCUT2D eigenvalue weighted by Gasteiger charge is -2.13. The minimum absolute atomic E-state index is 0.0182. The van der Waals surface area contributed by atoms with Gasteiger partial charge in [-0.25, -0.2) is 4.79 Å². The Kier molecular flexibility index (Phi) is 5.71. The van der Waals surface area contributed by atoms with Crippen LogP contribution >= 0.6 is 0 Å². The van der Waals surface area contributed by atoms with E-state index in [0.717, 1.165) is 5.56 Å². The number of rotatable bonds is 8. The van der Waals surface area contributed by atoms with Crippen molar-refractivity contribution >= 4 is 5.97 Å². The number of hydrogen-bond acceptors (Lipinski definition) is 5. The van der Waals surface area contributed by atoms with Gasteiger partial charge in [0.15, 0.2) is 0 Å². The summed E-state index contributed by atoms with van der Waals surface area (Å²) in [6, 6.07) is 9.81. The minimum Gasteiger partial charge on any atom is -0.463 e. The van der Waals surface area contributed by atoms with E-state index in [1.165, 1.54) is 0 Å². The van der Waals surface area contributed by atoms with Crippen molar-refractivity contribution in [3.8, 4) is 0 Å². The molecule has 1 aromatic carbocycles. The number of aliphatic hydroxyl groups is 1. The first-order valence-corrected chi connectivity index (χ1v) is 7.39. The fourth-order valence-corrected chi connectivity index (χ4v) is 2.21. The zero-order chi connectivity index (χ0) is 16.1. The molecule has 0 unspecified atom stereocenters. The lowest BCUT2D eigenvalue weighted by Crippen LogP contribution is -2.28. The molecule has 0 radical (unpaired) electrons. The zero-order valence-corrected chi connectivity index (χ0v) is 12.9. The molecule has 120 valence electrons. The molecule has 0 bridgehead atoms. The van der Waals surface area contributed by atoms with Crippen molar-refractivity contribution < 1.29 is 24.1 Å². The molecule has 22 heavy (non-hydrogen) atoms. The average molecular weight is 306 g/mol. The molecule has 0 amide bonds. The van der Waals surface area contributed by atoms with Crippen LogP contribution in [0.4, 0.5) is 0 Å². The van der Waals surface area contributed by atoms with Crippen molar-refractivity contribution in [2.45, 2.75) is 44.9 Å². The van der Waals surface area contributed by atoms with Crippen LogP contribution in [0.15, 0.2) is 42.5 Å². The van der Waals surface area contributed by atoms with Gasteiger partial charge in [0.2, 0.25) is 0 Å². The number of hydrogen-bond donors (Lipinski definition) is 1. The van der Waals surface area contributed by atoms with Crippen LogP contribution in [0.5, 0.6) is 0 Å². The van der Waals surface area contributed by atoms with E-state index in [1.807, 2.05) is 37.3 Å². The first-order chi connectivity index (χ1) is 10.5. The lowest BCUT2D eigenvalue weighted by molar-refractivity contribution is -0.139. The highest BCUT2D eigenvalue weighted by Crippen LogP contribution is 2.33. The lowest BCUT2D eigenvalue weighted by atomic mass is 10.0. The minimum atomic E-state index is -1.06. The maximum Gasteiger partial charge on any atom is 0.336 e. The van der Waals surface area contributed by atoms with Crippen LogP contribution in [0.3, 0.4) is 0 Å². The Labute approximate surface area is 130 Å². The Morgan fingerprint density at radius 3 is 2.68 bits per heavy atom. The highest BCUT2D eigenvalue weighted by Gasteiger charge is 2.50. The second kappa shape index (κ2) is 7.54. The summed E-state index contributed by atoms with van der Waals surface area (Å²) in [5.74, 6) is -0.595. The Morgan fingerprint density at radius 2 is 2.05 bits per heavy atom. The van der Waals surface area contributed by atoms with Gasteiger partial charge in [-0.15, -0.1) is 0 Å². The van der Waals surface area contributed by atoms with Gasteiger partial charge in [0, 0.05) is 0 Å². The van der Waals surface area contributed by atoms with E-state index in [9.17, 15) is 9.90 Å². The van der Waals surface area contributed by atoms with E-state index in [2.05, 4.69) is 6.58 Å². The molecule has 1 aliphatic heterocycles. The molecular formula is C17H22O5. The van der Waals surface area contributed by atoms with Crippen LogP contribution in [0.25, 0.3) is 0 Å². The molecule has 5 heteroatoms. The number of aliphatic hydroxyl groups excluding tert-OH is 1. The molecule has 1 N–H and O–H groups in total. The van der Waals surface area contributed by atoms with Crippen LogP contribution in [0.2, 0.25) is 0 Å². The number of esters is 1. The fourth-order valence-electron chi connectivity index (χ4n) is 2.21. The fraction of sp³-hybridized carbons (Fsp3) is 0.471. The van der Waals surface area contributed by atoms with Crippen LogP contribution in [-0.4, -0.2) is 42.1 Å². The van der Waals surface area contributed by atoms with Crippen molar-refractivity contribution in [1.82, 2.24) is 0 Å². The SMILES string of the molecule is C=C(C(=O)OCC)[C@H](O)[C@@H]1O[C@H]1[C@H](C)OCc1ccccc1. The third-order valence-electron chi connectivity index (χ3n) is 3.59. The van der Waals surface area contributed by atoms with Gasteiger partial charge >= 0.3 is 5.97 Å². The molecule has 4 atom stereocenters. The molecule has 0 spiro atoms. The van der Waals surface area contributed by atoms with Crippen LogP contribution < -0.4 is 0 Å². The summed E-state index contributed by atoms with van der Waals surface area (Å²) in [4.78, 5) is 11.5. The number of epoxide rings is 1. The normalized spacial score (nSPS) is 22.7. The van der Waals surface area contributed by atoms with Gasteiger partial charge in [-0.2, -0.15) is 0 Å². The van der Waals surface area contributed by atoms with Gasteiger partial charge in [0.05, 0.1) is 24.9 Å². The standard InChI is InChI=1S/C17H22O5/c1-4-20-17(19)11(2)14(18)16-15(22-16)12(3)21-10-13-8-6-5-7-9-13/h5-9,12,14-16,18H,2,4,10H2,1,3H3/t12-,14-,15-,16-/m0/s1. The highest BCUT2D eigenvalue weighted by molar-refractivity contribution is 5.89. The van der Waals surface area contributed by atoms with E-state index in [1.54, 1.807) is 6.92 Å². The first-order valence-electron chi connectivity index (χ1n) is 7.39. The third-order valence-corrected chi connectivity index (χ3v) is 3.59. The summed E-state index contributed by atoms with van der Waals surface area (Å²) in [5, 5.41) is 10.1. The van der Waals surface area contributed by atoms with Crippen LogP contribution in [0, 0.1) is 0 Å². The maximum atomic E-state index is 11.5. The largest absolute Gasteiger partial charge is 0.463 e. The van der Waals surface area contributed by atoms with Crippen LogP contribution in [0.1, 0.15) is 19.4 Å². The van der Waals surface area contributed by atoms with E-state index in [-0.39, 0.29) is 24.4 Å². The van der Waals surface area contributed by atoms with Gasteiger partial charge < -0.3 is 19.3 Å². The quantitative estimate of drug-likeness (QED) is 0.451. The summed E-state index contributed by atoms with van der Waals surface area (Å²) in [6.07, 6.45) is -1.96. The number of carbonyl (C=O) groups is 1. The first kappa shape index (κ1) is 16.7. The van der Waals surface area contributed by atoms with E-state index >= 15 is 0 Å². The van der Waals surface area contributed by atoms with Crippen LogP contribution in [-0.2, 0) is 25.6 Å². The summed E-state index contributed by atoms with van der Waals surface area (Å²) >= 11 is 0. The molecular weight excluding hydrogens is 284 g/mol. The monoisotopic (exact) mass is 306 g/mol. The second-order valence-electron chi connectivity index (χ2n) is 5.26. The number of ether oxygens (including phenoxy) is 3. The Balaban J connectivity index is 1.78. The zero-order valence-electron chi connectivity index (χ0n) is 12.9. The highest BCUT2D eigenvalue weighted by atomic mass is 16.6. The molecule has 0 saturated carbocycles. The molecule has 2 rings (SSSR count). The molecule has 1 heterocycles. The van der Waals surface area contributed by atoms with Gasteiger partial charge in [-0.05, 0) is 19.4 Å². The summed E-state index contributed by atoms with van der Waals surface area (Å²) in [5.41, 5.74) is 1.09. The van der Waals surface area contributed by atoms with Gasteiger partial charge in [0.1, 0.15) is 18.3 Å². The van der Waals surface area contributed by atoms with Crippen molar-refractivity contribution in [1.29, 1.82) is 0 Å². The summed E-state index contributed by atoms with van der Waals surface area (Å²) in [7, 11) is 0. The molecule has 0 aliphatic carbocycles. The van der Waals surface area contributed by atoms with E-state index < -0.39 is 18.2 Å². The Morgan fingerprint density at radius 1 is 1.36 bits per heavy atom. The van der Waals surface area contributed by atoms with Crippen molar-refractivity contribution in [2.75, 3.05) is 6.61 Å². The Hall–Kier alpha value is -1.69. The van der Waals surface area contributed by atoms with Gasteiger partial charge in [-0.3, -0.25) is 0 Å². The van der Waals surface area contributed by atoms with Gasteiger partial charge in [0.25, 0.3) is 0 Å². The summed E-state index contributed by atoms with van der Waals surface area (Å²) < 4.78 is 16.0. The summed E-state index contributed by atoms with van der Waals surface area (Å²) in [6.45, 7) is 7.88. The number of benzene rings is 1. The predicted molar refractivity (Wildman–Crippen MR) is 81.1 cm³/mol. The van der Waals surface area contributed by atoms with Crippen molar-refractivity contribution in [3.05, 3.63) is 48.0 Å². The van der Waals surface area contributed by atoms with Gasteiger partial charge in [-0.1, -0.05) is 36.9 Å². The molecule has 1 saturated heterocycles. The third kappa shape index (κ3) is 4.16. The Bertz CT molecular complexity index is 513. The molecule has 5 nitrogen and oxygen atoms in total. The predicted octanol–water partition coefficient (Wildman–Crippen LogP) is 1.84. The molecule has 1 aliphatic rings. The molecule has 0 aromatic heterocycles. The second-order valence-corrected chi connectivity index (χ2v) is 5.26. The topological polar surface area (TPSA) is 68.3 Å². The van der Waals surface area contributed by atoms with Crippen molar-refractivity contribution in [2.24, 2.45) is 0 Å². The number of carbonyl (C=O) groups excluding carboxylic acids is 1. The average Bonchev–Trinajstić information content (AvgIpc) is 3.33.